The molecule has 0 aliphatic heterocycles. The lowest BCUT2D eigenvalue weighted by Gasteiger charge is -2.14. The van der Waals surface area contributed by atoms with Crippen LogP contribution < -0.4 is 5.32 Å². The summed E-state index contributed by atoms with van der Waals surface area (Å²) in [6, 6.07) is -1.00. The Kier molecular flexibility index (Phi) is 9.91. The average molecular weight is 283 g/mol. The summed E-state index contributed by atoms with van der Waals surface area (Å²) in [5, 5.41) is 11.2. The number of halogens is 2. The minimum absolute atomic E-state index is 0.152. The third kappa shape index (κ3) is 10.3. The Labute approximate surface area is 110 Å². The number of hydrogen-bond acceptors (Lipinski definition) is 4. The maximum atomic E-state index is 11.7. The third-order valence-electron chi connectivity index (χ3n) is 2.19. The molecule has 1 atom stereocenters. The number of carbonyl (C=O) groups excluding carboxylic acids is 1. The van der Waals surface area contributed by atoms with Gasteiger partial charge in [-0.15, -0.1) is 0 Å². The van der Waals surface area contributed by atoms with Crippen molar-refractivity contribution in [2.75, 3.05) is 26.9 Å². The highest BCUT2D eigenvalue weighted by Crippen LogP contribution is 1.99. The van der Waals surface area contributed by atoms with Crippen molar-refractivity contribution in [3.63, 3.8) is 0 Å². The molecule has 19 heavy (non-hydrogen) atoms. The van der Waals surface area contributed by atoms with E-state index in [4.69, 9.17) is 9.84 Å². The van der Waals surface area contributed by atoms with Gasteiger partial charge in [-0.2, -0.15) is 0 Å². The SMILES string of the molecule is COCCCC(NC(=O)CCOCC(F)F)C(=O)O. The highest BCUT2D eigenvalue weighted by Gasteiger charge is 2.19. The highest BCUT2D eigenvalue weighted by atomic mass is 19.3. The molecular formula is C11H19F2NO5. The Morgan fingerprint density at radius 2 is 2.00 bits per heavy atom. The van der Waals surface area contributed by atoms with E-state index in [0.717, 1.165) is 0 Å². The number of nitrogens with one attached hydrogen (secondary N) is 1. The molecule has 0 aromatic heterocycles. The smallest absolute Gasteiger partial charge is 0.326 e. The molecule has 0 aromatic carbocycles. The van der Waals surface area contributed by atoms with Crippen LogP contribution in [-0.4, -0.2) is 56.4 Å². The Morgan fingerprint density at radius 3 is 2.53 bits per heavy atom. The highest BCUT2D eigenvalue weighted by molar-refractivity contribution is 5.83. The molecule has 1 amide bonds. The Bertz CT molecular complexity index is 276. The van der Waals surface area contributed by atoms with E-state index in [-0.39, 0.29) is 19.4 Å². The molecule has 0 spiro atoms. The predicted octanol–water partition coefficient (Wildman–Crippen LogP) is 0.654. The summed E-state index contributed by atoms with van der Waals surface area (Å²) < 4.78 is 32.8. The normalized spacial score (nSPS) is 12.4. The number of rotatable bonds is 11. The number of ether oxygens (including phenoxy) is 2. The van der Waals surface area contributed by atoms with Gasteiger partial charge in [0, 0.05) is 20.1 Å². The lowest BCUT2D eigenvalue weighted by atomic mass is 10.1. The summed E-state index contributed by atoms with van der Waals surface area (Å²) in [6.45, 7) is -0.499. The number of carbonyl (C=O) groups is 2. The van der Waals surface area contributed by atoms with Gasteiger partial charge in [-0.1, -0.05) is 0 Å². The van der Waals surface area contributed by atoms with Crippen LogP contribution in [0, 0.1) is 0 Å². The van der Waals surface area contributed by atoms with E-state index in [2.05, 4.69) is 10.1 Å². The van der Waals surface area contributed by atoms with Crippen LogP contribution in [0.2, 0.25) is 0 Å². The Balaban J connectivity index is 3.86. The molecular weight excluding hydrogens is 264 g/mol. The molecule has 0 heterocycles. The monoisotopic (exact) mass is 283 g/mol. The summed E-state index contributed by atoms with van der Waals surface area (Å²) in [6.07, 6.45) is -1.99. The quantitative estimate of drug-likeness (QED) is 0.544. The van der Waals surface area contributed by atoms with Gasteiger partial charge in [0.25, 0.3) is 6.43 Å². The van der Waals surface area contributed by atoms with E-state index in [1.807, 2.05) is 0 Å². The summed E-state index contributed by atoms with van der Waals surface area (Å²) in [4.78, 5) is 22.2. The fraction of sp³-hybridized carbons (Fsp3) is 0.818. The van der Waals surface area contributed by atoms with Crippen molar-refractivity contribution < 1.29 is 33.0 Å². The Morgan fingerprint density at radius 1 is 1.32 bits per heavy atom. The largest absolute Gasteiger partial charge is 0.480 e. The zero-order valence-corrected chi connectivity index (χ0v) is 10.7. The number of carboxylic acid groups (broad SMARTS) is 1. The second-order valence-corrected chi connectivity index (χ2v) is 3.81. The van der Waals surface area contributed by atoms with E-state index in [9.17, 15) is 18.4 Å². The molecule has 0 fully saturated rings. The zero-order valence-electron chi connectivity index (χ0n) is 10.7. The van der Waals surface area contributed by atoms with Gasteiger partial charge in [0.05, 0.1) is 6.61 Å². The fourth-order valence-electron chi connectivity index (χ4n) is 1.29. The van der Waals surface area contributed by atoms with Crippen molar-refractivity contribution in [2.24, 2.45) is 0 Å². The maximum absolute atomic E-state index is 11.7. The summed E-state index contributed by atoms with van der Waals surface area (Å²) in [7, 11) is 1.49. The number of methoxy groups -OCH3 is 1. The first-order valence-corrected chi connectivity index (χ1v) is 5.84. The maximum Gasteiger partial charge on any atom is 0.326 e. The molecule has 112 valence electrons. The van der Waals surface area contributed by atoms with E-state index < -0.39 is 31.0 Å². The van der Waals surface area contributed by atoms with Gasteiger partial charge >= 0.3 is 5.97 Å². The second-order valence-electron chi connectivity index (χ2n) is 3.81. The van der Waals surface area contributed by atoms with Gasteiger partial charge in [0.15, 0.2) is 0 Å². The first-order chi connectivity index (χ1) is 8.97. The molecule has 0 aliphatic carbocycles. The van der Waals surface area contributed by atoms with Crippen LogP contribution in [0.3, 0.4) is 0 Å². The summed E-state index contributed by atoms with van der Waals surface area (Å²) in [5.74, 6) is -1.68. The van der Waals surface area contributed by atoms with Crippen molar-refractivity contribution in [3.8, 4) is 0 Å². The van der Waals surface area contributed by atoms with Crippen LogP contribution in [0.15, 0.2) is 0 Å². The zero-order chi connectivity index (χ0) is 14.7. The standard InChI is InChI=1S/C11H19F2NO5/c1-18-5-2-3-8(11(16)17)14-10(15)4-6-19-7-9(12)13/h8-9H,2-7H2,1H3,(H,14,15)(H,16,17). The van der Waals surface area contributed by atoms with Crippen LogP contribution in [0.1, 0.15) is 19.3 Å². The van der Waals surface area contributed by atoms with Gasteiger partial charge in [-0.05, 0) is 12.8 Å². The van der Waals surface area contributed by atoms with Crippen molar-refractivity contribution >= 4 is 11.9 Å². The molecule has 0 saturated carbocycles. The molecule has 0 saturated heterocycles. The predicted molar refractivity (Wildman–Crippen MR) is 62.1 cm³/mol. The lowest BCUT2D eigenvalue weighted by Crippen LogP contribution is -2.41. The average Bonchev–Trinajstić information content (AvgIpc) is 2.33. The first kappa shape index (κ1) is 17.7. The van der Waals surface area contributed by atoms with Crippen molar-refractivity contribution in [3.05, 3.63) is 0 Å². The topological polar surface area (TPSA) is 84.9 Å². The Hall–Kier alpha value is -1.28. The van der Waals surface area contributed by atoms with E-state index in [1.54, 1.807) is 0 Å². The van der Waals surface area contributed by atoms with Crippen LogP contribution in [0.5, 0.6) is 0 Å². The van der Waals surface area contributed by atoms with Gasteiger partial charge in [0.1, 0.15) is 12.6 Å². The molecule has 6 nitrogen and oxygen atoms in total. The molecule has 0 radical (unpaired) electrons. The van der Waals surface area contributed by atoms with Crippen molar-refractivity contribution in [2.45, 2.75) is 31.7 Å². The fourth-order valence-corrected chi connectivity index (χ4v) is 1.29. The van der Waals surface area contributed by atoms with E-state index >= 15 is 0 Å². The minimum Gasteiger partial charge on any atom is -0.480 e. The van der Waals surface area contributed by atoms with Crippen molar-refractivity contribution in [1.29, 1.82) is 0 Å². The van der Waals surface area contributed by atoms with Gasteiger partial charge < -0.3 is 19.9 Å². The van der Waals surface area contributed by atoms with Crippen LogP contribution in [0.4, 0.5) is 8.78 Å². The molecule has 0 aliphatic rings. The third-order valence-corrected chi connectivity index (χ3v) is 2.19. The van der Waals surface area contributed by atoms with E-state index in [1.165, 1.54) is 7.11 Å². The van der Waals surface area contributed by atoms with Gasteiger partial charge in [0.2, 0.25) is 5.91 Å². The van der Waals surface area contributed by atoms with Crippen LogP contribution >= 0.6 is 0 Å². The number of hydrogen-bond donors (Lipinski definition) is 2. The lowest BCUT2D eigenvalue weighted by molar-refractivity contribution is -0.142. The number of aliphatic carboxylic acids is 1. The number of amides is 1. The summed E-state index contributed by atoms with van der Waals surface area (Å²) >= 11 is 0. The van der Waals surface area contributed by atoms with Crippen LogP contribution in [-0.2, 0) is 19.1 Å². The van der Waals surface area contributed by atoms with Crippen LogP contribution in [0.25, 0.3) is 0 Å². The molecule has 8 heteroatoms. The number of alkyl halides is 2. The molecule has 1 unspecified atom stereocenters. The van der Waals surface area contributed by atoms with Gasteiger partial charge in [-0.3, -0.25) is 4.79 Å². The second kappa shape index (κ2) is 10.6. The number of carboxylic acids is 1. The van der Waals surface area contributed by atoms with Crippen molar-refractivity contribution in [1.82, 2.24) is 5.32 Å². The first-order valence-electron chi connectivity index (χ1n) is 5.84. The minimum atomic E-state index is -2.58. The molecule has 0 bridgehead atoms. The van der Waals surface area contributed by atoms with Gasteiger partial charge in [-0.25, -0.2) is 13.6 Å². The molecule has 0 aromatic rings. The summed E-state index contributed by atoms with van der Waals surface area (Å²) in [5.41, 5.74) is 0. The molecule has 0 rings (SSSR count). The van der Waals surface area contributed by atoms with E-state index in [0.29, 0.717) is 13.0 Å². The molecule has 2 N–H and O–H groups in total.